The van der Waals surface area contributed by atoms with E-state index in [1.807, 2.05) is 19.2 Å². The summed E-state index contributed by atoms with van der Waals surface area (Å²) in [6.07, 6.45) is 2.12. The lowest BCUT2D eigenvalue weighted by Gasteiger charge is -2.16. The zero-order valence-electron chi connectivity index (χ0n) is 11.8. The number of amides is 2. The molecule has 6 nitrogen and oxygen atoms in total. The van der Waals surface area contributed by atoms with Gasteiger partial charge in [0, 0.05) is 30.1 Å². The van der Waals surface area contributed by atoms with E-state index in [0.717, 1.165) is 17.1 Å². The highest BCUT2D eigenvalue weighted by Crippen LogP contribution is 2.08. The molecular formula is C13H21N3O3S. The van der Waals surface area contributed by atoms with Crippen LogP contribution in [-0.2, 0) is 11.2 Å². The monoisotopic (exact) mass is 299 g/mol. The fraction of sp³-hybridized carbons (Fsp3) is 0.615. The maximum Gasteiger partial charge on any atom is 0.315 e. The minimum absolute atomic E-state index is 0.0487. The number of carboxylic acids is 1. The number of carbonyl (C=O) groups excluding carboxylic acids is 1. The van der Waals surface area contributed by atoms with Crippen molar-refractivity contribution >= 4 is 23.3 Å². The van der Waals surface area contributed by atoms with Gasteiger partial charge in [0.2, 0.25) is 0 Å². The van der Waals surface area contributed by atoms with Crippen molar-refractivity contribution in [1.29, 1.82) is 0 Å². The molecule has 0 fully saturated rings. The van der Waals surface area contributed by atoms with Gasteiger partial charge >= 0.3 is 12.0 Å². The van der Waals surface area contributed by atoms with Gasteiger partial charge in [0.05, 0.1) is 11.4 Å². The molecule has 0 saturated heterocycles. The molecule has 0 aliphatic carbocycles. The van der Waals surface area contributed by atoms with Crippen molar-refractivity contribution in [3.63, 3.8) is 0 Å². The Kier molecular flexibility index (Phi) is 7.00. The van der Waals surface area contributed by atoms with Gasteiger partial charge in [-0.1, -0.05) is 13.3 Å². The summed E-state index contributed by atoms with van der Waals surface area (Å²) in [5.74, 6) is -0.901. The first-order chi connectivity index (χ1) is 9.51. The number of rotatable bonds is 8. The van der Waals surface area contributed by atoms with Crippen LogP contribution in [0.2, 0.25) is 0 Å². The second kappa shape index (κ2) is 8.52. The number of carbonyl (C=O) groups is 2. The van der Waals surface area contributed by atoms with Crippen LogP contribution >= 0.6 is 11.3 Å². The molecule has 3 N–H and O–H groups in total. The molecule has 1 heterocycles. The first kappa shape index (κ1) is 16.4. The SMILES string of the molecule is CCCC(CC(=O)O)NC(=O)NCCc1nc(C)cs1. The zero-order chi connectivity index (χ0) is 15.0. The predicted octanol–water partition coefficient (Wildman–Crippen LogP) is 1.94. The summed E-state index contributed by atoms with van der Waals surface area (Å²) >= 11 is 1.57. The normalized spacial score (nSPS) is 11.9. The molecule has 0 aliphatic rings. The number of thiazole rings is 1. The van der Waals surface area contributed by atoms with Crippen LogP contribution < -0.4 is 10.6 Å². The van der Waals surface area contributed by atoms with Crippen molar-refractivity contribution < 1.29 is 14.7 Å². The number of nitrogens with one attached hydrogen (secondary N) is 2. The first-order valence-electron chi connectivity index (χ1n) is 6.68. The lowest BCUT2D eigenvalue weighted by molar-refractivity contribution is -0.137. The number of urea groups is 1. The van der Waals surface area contributed by atoms with Crippen LogP contribution in [0, 0.1) is 6.92 Å². The molecule has 2 amide bonds. The van der Waals surface area contributed by atoms with Crippen molar-refractivity contribution in [2.24, 2.45) is 0 Å². The summed E-state index contributed by atoms with van der Waals surface area (Å²) in [5.41, 5.74) is 0.985. The molecule has 1 aromatic heterocycles. The lowest BCUT2D eigenvalue weighted by atomic mass is 10.1. The molecule has 20 heavy (non-hydrogen) atoms. The maximum absolute atomic E-state index is 11.7. The highest BCUT2D eigenvalue weighted by Gasteiger charge is 2.14. The van der Waals surface area contributed by atoms with Crippen LogP contribution in [0.5, 0.6) is 0 Å². The molecule has 1 aromatic rings. The van der Waals surface area contributed by atoms with E-state index in [-0.39, 0.29) is 18.5 Å². The van der Waals surface area contributed by atoms with Crippen LogP contribution in [0.4, 0.5) is 4.79 Å². The third-order valence-corrected chi connectivity index (χ3v) is 3.71. The number of aryl methyl sites for hydroxylation is 1. The second-order valence-electron chi connectivity index (χ2n) is 4.62. The Bertz CT molecular complexity index is 448. The quantitative estimate of drug-likeness (QED) is 0.684. The van der Waals surface area contributed by atoms with E-state index < -0.39 is 5.97 Å². The van der Waals surface area contributed by atoms with Crippen molar-refractivity contribution in [2.45, 2.75) is 45.6 Å². The van der Waals surface area contributed by atoms with Gasteiger partial charge in [-0.15, -0.1) is 11.3 Å². The molecule has 1 unspecified atom stereocenters. The Balaban J connectivity index is 2.28. The molecule has 7 heteroatoms. The van der Waals surface area contributed by atoms with Crippen molar-refractivity contribution in [3.8, 4) is 0 Å². The molecule has 0 radical (unpaired) electrons. The molecule has 1 rings (SSSR count). The molecule has 0 saturated carbocycles. The van der Waals surface area contributed by atoms with Crippen molar-refractivity contribution in [2.75, 3.05) is 6.54 Å². The van der Waals surface area contributed by atoms with E-state index in [1.54, 1.807) is 11.3 Å². The van der Waals surface area contributed by atoms with E-state index in [4.69, 9.17) is 5.11 Å². The summed E-state index contributed by atoms with van der Waals surface area (Å²) < 4.78 is 0. The number of hydrogen-bond donors (Lipinski definition) is 3. The summed E-state index contributed by atoms with van der Waals surface area (Å²) in [4.78, 5) is 26.7. The van der Waals surface area contributed by atoms with Crippen molar-refractivity contribution in [1.82, 2.24) is 15.6 Å². The largest absolute Gasteiger partial charge is 0.481 e. The van der Waals surface area contributed by atoms with E-state index in [1.165, 1.54) is 0 Å². The van der Waals surface area contributed by atoms with Gasteiger partial charge in [0.15, 0.2) is 0 Å². The summed E-state index contributed by atoms with van der Waals surface area (Å²) in [7, 11) is 0. The van der Waals surface area contributed by atoms with Crippen LogP contribution in [0.1, 0.15) is 36.9 Å². The predicted molar refractivity (Wildman–Crippen MR) is 78.0 cm³/mol. The van der Waals surface area contributed by atoms with E-state index >= 15 is 0 Å². The molecule has 0 aromatic carbocycles. The van der Waals surface area contributed by atoms with E-state index in [0.29, 0.717) is 19.4 Å². The smallest absolute Gasteiger partial charge is 0.315 e. The topological polar surface area (TPSA) is 91.3 Å². The number of aromatic nitrogens is 1. The van der Waals surface area contributed by atoms with Gasteiger partial charge in [-0.3, -0.25) is 4.79 Å². The van der Waals surface area contributed by atoms with Gasteiger partial charge in [-0.25, -0.2) is 9.78 Å². The van der Waals surface area contributed by atoms with Crippen LogP contribution in [0.3, 0.4) is 0 Å². The summed E-state index contributed by atoms with van der Waals surface area (Å²) in [5, 5.41) is 17.1. The molecule has 0 bridgehead atoms. The Morgan fingerprint density at radius 3 is 2.80 bits per heavy atom. The molecular weight excluding hydrogens is 278 g/mol. The Morgan fingerprint density at radius 1 is 1.50 bits per heavy atom. The standard InChI is InChI=1S/C13H21N3O3S/c1-3-4-10(7-12(17)18)16-13(19)14-6-5-11-15-9(2)8-20-11/h8,10H,3-7H2,1-2H3,(H,17,18)(H2,14,16,19). The number of nitrogens with zero attached hydrogens (tertiary/aromatic N) is 1. The van der Waals surface area contributed by atoms with Crippen LogP contribution in [0.15, 0.2) is 5.38 Å². The molecule has 0 spiro atoms. The van der Waals surface area contributed by atoms with Gasteiger partial charge in [-0.05, 0) is 13.3 Å². The third kappa shape index (κ3) is 6.51. The zero-order valence-corrected chi connectivity index (χ0v) is 12.6. The average molecular weight is 299 g/mol. The fourth-order valence-electron chi connectivity index (χ4n) is 1.82. The van der Waals surface area contributed by atoms with Gasteiger partial charge < -0.3 is 15.7 Å². The minimum atomic E-state index is -0.901. The van der Waals surface area contributed by atoms with Gasteiger partial charge in [-0.2, -0.15) is 0 Å². The van der Waals surface area contributed by atoms with E-state index in [2.05, 4.69) is 15.6 Å². The highest BCUT2D eigenvalue weighted by molar-refractivity contribution is 7.09. The summed E-state index contributed by atoms with van der Waals surface area (Å²) in [6, 6.07) is -0.641. The molecule has 0 aliphatic heterocycles. The number of hydrogen-bond acceptors (Lipinski definition) is 4. The first-order valence-corrected chi connectivity index (χ1v) is 7.56. The van der Waals surface area contributed by atoms with Crippen LogP contribution in [-0.4, -0.2) is 34.7 Å². The third-order valence-electron chi connectivity index (χ3n) is 2.68. The van der Waals surface area contributed by atoms with E-state index in [9.17, 15) is 9.59 Å². The molecule has 112 valence electrons. The minimum Gasteiger partial charge on any atom is -0.481 e. The lowest BCUT2D eigenvalue weighted by Crippen LogP contribution is -2.43. The van der Waals surface area contributed by atoms with Gasteiger partial charge in [0.1, 0.15) is 0 Å². The Morgan fingerprint density at radius 2 is 2.25 bits per heavy atom. The summed E-state index contributed by atoms with van der Waals surface area (Å²) in [6.45, 7) is 4.38. The Labute approximate surface area is 122 Å². The maximum atomic E-state index is 11.7. The van der Waals surface area contributed by atoms with Crippen molar-refractivity contribution in [3.05, 3.63) is 16.1 Å². The Hall–Kier alpha value is -1.63. The van der Waals surface area contributed by atoms with Gasteiger partial charge in [0.25, 0.3) is 0 Å². The number of carboxylic acid groups (broad SMARTS) is 1. The fourth-order valence-corrected chi connectivity index (χ4v) is 2.60. The average Bonchev–Trinajstić information content (AvgIpc) is 2.74. The van der Waals surface area contributed by atoms with Crippen LogP contribution in [0.25, 0.3) is 0 Å². The molecule has 1 atom stereocenters. The second-order valence-corrected chi connectivity index (χ2v) is 5.56. The number of aliphatic carboxylic acids is 1. The highest BCUT2D eigenvalue weighted by atomic mass is 32.1.